The summed E-state index contributed by atoms with van der Waals surface area (Å²) < 4.78 is 5.85. The Balaban J connectivity index is 1.49. The number of aromatic nitrogens is 2. The topological polar surface area (TPSA) is 97.1 Å². The van der Waals surface area contributed by atoms with Crippen LogP contribution in [0.1, 0.15) is 34.8 Å². The van der Waals surface area contributed by atoms with Gasteiger partial charge in [-0.05, 0) is 67.4 Å². The standard InChI is InChI=1S/C26H24N4O3/c1-4-23(31)27-20-14-9-17(3)22(15-20)28-24(32)18-10-12-19(13-11-18)25-29-30-26(33-25)21-8-6-5-7-16(21)2/h5-15H,4H2,1-3H3,(H,27,31)(H,28,32). The van der Waals surface area contributed by atoms with Gasteiger partial charge in [-0.1, -0.05) is 31.2 Å². The Morgan fingerprint density at radius 1 is 0.848 bits per heavy atom. The molecule has 3 aromatic carbocycles. The fraction of sp³-hybridized carbons (Fsp3) is 0.154. The van der Waals surface area contributed by atoms with E-state index in [0.717, 1.165) is 22.3 Å². The van der Waals surface area contributed by atoms with E-state index in [1.165, 1.54) is 0 Å². The zero-order valence-corrected chi connectivity index (χ0v) is 18.7. The fourth-order valence-corrected chi connectivity index (χ4v) is 3.30. The van der Waals surface area contributed by atoms with E-state index in [0.29, 0.717) is 35.1 Å². The van der Waals surface area contributed by atoms with Crippen molar-refractivity contribution in [3.05, 3.63) is 83.4 Å². The van der Waals surface area contributed by atoms with Crippen LogP contribution in [0, 0.1) is 13.8 Å². The maximum atomic E-state index is 12.8. The monoisotopic (exact) mass is 440 g/mol. The molecule has 0 aliphatic carbocycles. The number of hydrogen-bond acceptors (Lipinski definition) is 5. The molecule has 4 aromatic rings. The minimum absolute atomic E-state index is 0.0849. The predicted octanol–water partition coefficient (Wildman–Crippen LogP) is 5.62. The Morgan fingerprint density at radius 2 is 1.58 bits per heavy atom. The van der Waals surface area contributed by atoms with Crippen LogP contribution in [0.15, 0.2) is 71.1 Å². The minimum atomic E-state index is -0.255. The van der Waals surface area contributed by atoms with Crippen LogP contribution >= 0.6 is 0 Å². The zero-order valence-electron chi connectivity index (χ0n) is 18.7. The first-order valence-electron chi connectivity index (χ1n) is 10.7. The first kappa shape index (κ1) is 22.0. The van der Waals surface area contributed by atoms with E-state index >= 15 is 0 Å². The lowest BCUT2D eigenvalue weighted by Crippen LogP contribution is -2.14. The molecule has 1 heterocycles. The molecule has 0 aliphatic rings. The molecule has 0 radical (unpaired) electrons. The molecular formula is C26H24N4O3. The summed E-state index contributed by atoms with van der Waals surface area (Å²) in [4.78, 5) is 24.4. The van der Waals surface area contributed by atoms with E-state index in [2.05, 4.69) is 20.8 Å². The second kappa shape index (κ2) is 9.48. The van der Waals surface area contributed by atoms with Crippen LogP contribution in [0.25, 0.3) is 22.9 Å². The van der Waals surface area contributed by atoms with Gasteiger partial charge in [-0.15, -0.1) is 10.2 Å². The molecule has 2 amide bonds. The summed E-state index contributed by atoms with van der Waals surface area (Å²) in [6.45, 7) is 5.67. The first-order valence-corrected chi connectivity index (χ1v) is 10.7. The van der Waals surface area contributed by atoms with Crippen molar-refractivity contribution in [1.82, 2.24) is 10.2 Å². The van der Waals surface area contributed by atoms with Gasteiger partial charge in [0.15, 0.2) is 0 Å². The number of carbonyl (C=O) groups excluding carboxylic acids is 2. The molecule has 2 N–H and O–H groups in total. The van der Waals surface area contributed by atoms with Gasteiger partial charge >= 0.3 is 0 Å². The van der Waals surface area contributed by atoms with Crippen molar-refractivity contribution in [2.24, 2.45) is 0 Å². The third-order valence-corrected chi connectivity index (χ3v) is 5.29. The van der Waals surface area contributed by atoms with Crippen LogP contribution in [0.3, 0.4) is 0 Å². The molecule has 0 fully saturated rings. The van der Waals surface area contributed by atoms with Crippen LogP contribution in [0.2, 0.25) is 0 Å². The number of anilines is 2. The van der Waals surface area contributed by atoms with Gasteiger partial charge < -0.3 is 15.1 Å². The van der Waals surface area contributed by atoms with Gasteiger partial charge in [0.25, 0.3) is 5.91 Å². The van der Waals surface area contributed by atoms with Crippen LogP contribution < -0.4 is 10.6 Å². The summed E-state index contributed by atoms with van der Waals surface area (Å²) in [5.74, 6) is 0.499. The number of nitrogens with zero attached hydrogens (tertiary/aromatic N) is 2. The number of rotatable bonds is 6. The molecule has 0 saturated heterocycles. The molecule has 4 rings (SSSR count). The van der Waals surface area contributed by atoms with Crippen LogP contribution in [-0.4, -0.2) is 22.0 Å². The number of hydrogen-bond donors (Lipinski definition) is 2. The molecule has 0 saturated carbocycles. The quantitative estimate of drug-likeness (QED) is 0.405. The lowest BCUT2D eigenvalue weighted by Gasteiger charge is -2.11. The highest BCUT2D eigenvalue weighted by Gasteiger charge is 2.14. The van der Waals surface area contributed by atoms with Crippen molar-refractivity contribution in [3.63, 3.8) is 0 Å². The Hall–Kier alpha value is -4.26. The van der Waals surface area contributed by atoms with Crippen molar-refractivity contribution in [2.45, 2.75) is 27.2 Å². The lowest BCUT2D eigenvalue weighted by molar-refractivity contribution is -0.115. The molecule has 7 heteroatoms. The second-order valence-electron chi connectivity index (χ2n) is 7.69. The van der Waals surface area contributed by atoms with Crippen molar-refractivity contribution >= 4 is 23.2 Å². The molecule has 0 atom stereocenters. The molecule has 1 aromatic heterocycles. The van der Waals surface area contributed by atoms with E-state index in [-0.39, 0.29) is 11.8 Å². The van der Waals surface area contributed by atoms with E-state index in [9.17, 15) is 9.59 Å². The third-order valence-electron chi connectivity index (χ3n) is 5.29. The van der Waals surface area contributed by atoms with Crippen molar-refractivity contribution < 1.29 is 14.0 Å². The van der Waals surface area contributed by atoms with Gasteiger partial charge in [0.2, 0.25) is 17.7 Å². The molecule has 166 valence electrons. The van der Waals surface area contributed by atoms with E-state index in [4.69, 9.17) is 4.42 Å². The number of nitrogens with one attached hydrogen (secondary N) is 2. The number of carbonyl (C=O) groups is 2. The summed E-state index contributed by atoms with van der Waals surface area (Å²) in [5, 5.41) is 14.0. The number of aryl methyl sites for hydroxylation is 2. The maximum absolute atomic E-state index is 12.8. The Labute approximate surface area is 191 Å². The molecule has 33 heavy (non-hydrogen) atoms. The van der Waals surface area contributed by atoms with E-state index in [1.807, 2.05) is 50.2 Å². The highest BCUT2D eigenvalue weighted by molar-refractivity contribution is 6.05. The van der Waals surface area contributed by atoms with Gasteiger partial charge in [0.05, 0.1) is 0 Å². The second-order valence-corrected chi connectivity index (χ2v) is 7.69. The molecule has 7 nitrogen and oxygen atoms in total. The fourth-order valence-electron chi connectivity index (χ4n) is 3.30. The van der Waals surface area contributed by atoms with Crippen molar-refractivity contribution in [1.29, 1.82) is 0 Å². The molecule has 0 unspecified atom stereocenters. The normalized spacial score (nSPS) is 10.6. The van der Waals surface area contributed by atoms with Gasteiger partial charge in [0.1, 0.15) is 0 Å². The van der Waals surface area contributed by atoms with Crippen LogP contribution in [0.4, 0.5) is 11.4 Å². The highest BCUT2D eigenvalue weighted by atomic mass is 16.4. The molecular weight excluding hydrogens is 416 g/mol. The first-order chi connectivity index (χ1) is 15.9. The molecule has 0 aliphatic heterocycles. The third kappa shape index (κ3) is 4.98. The summed E-state index contributed by atoms with van der Waals surface area (Å²) in [6, 6.07) is 20.2. The van der Waals surface area contributed by atoms with Crippen molar-refractivity contribution in [3.8, 4) is 22.9 Å². The summed E-state index contributed by atoms with van der Waals surface area (Å²) in [7, 11) is 0. The largest absolute Gasteiger partial charge is 0.416 e. The van der Waals surface area contributed by atoms with Gasteiger partial charge in [-0.3, -0.25) is 9.59 Å². The van der Waals surface area contributed by atoms with E-state index in [1.54, 1.807) is 37.3 Å². The predicted molar refractivity (Wildman–Crippen MR) is 128 cm³/mol. The number of amides is 2. The molecule has 0 spiro atoms. The smallest absolute Gasteiger partial charge is 0.255 e. The molecule has 0 bridgehead atoms. The highest BCUT2D eigenvalue weighted by Crippen LogP contribution is 2.26. The van der Waals surface area contributed by atoms with Crippen LogP contribution in [0.5, 0.6) is 0 Å². The summed E-state index contributed by atoms with van der Waals surface area (Å²) in [5.41, 5.74) is 5.31. The SMILES string of the molecule is CCC(=O)Nc1ccc(C)c(NC(=O)c2ccc(-c3nnc(-c4ccccc4C)o3)cc2)c1. The maximum Gasteiger partial charge on any atom is 0.255 e. The average molecular weight is 441 g/mol. The number of benzene rings is 3. The van der Waals surface area contributed by atoms with Crippen LogP contribution in [-0.2, 0) is 4.79 Å². The Bertz CT molecular complexity index is 1310. The van der Waals surface area contributed by atoms with Gasteiger partial charge in [0, 0.05) is 34.5 Å². The average Bonchev–Trinajstić information content (AvgIpc) is 3.31. The van der Waals surface area contributed by atoms with Crippen molar-refractivity contribution in [2.75, 3.05) is 10.6 Å². The summed E-state index contributed by atoms with van der Waals surface area (Å²) >= 11 is 0. The van der Waals surface area contributed by atoms with E-state index < -0.39 is 0 Å². The Kier molecular flexibility index (Phi) is 6.31. The Morgan fingerprint density at radius 3 is 2.30 bits per heavy atom. The van der Waals surface area contributed by atoms with Gasteiger partial charge in [-0.25, -0.2) is 0 Å². The van der Waals surface area contributed by atoms with Gasteiger partial charge in [-0.2, -0.15) is 0 Å². The lowest BCUT2D eigenvalue weighted by atomic mass is 10.1. The summed E-state index contributed by atoms with van der Waals surface area (Å²) in [6.07, 6.45) is 0.383. The minimum Gasteiger partial charge on any atom is -0.416 e. The zero-order chi connectivity index (χ0) is 23.4.